The maximum absolute atomic E-state index is 13.5. The number of carbonyl (C=O) groups is 3. The van der Waals surface area contributed by atoms with E-state index in [4.69, 9.17) is 11.6 Å². The number of aryl methyl sites for hydroxylation is 1. The van der Waals surface area contributed by atoms with Gasteiger partial charge in [-0.25, -0.2) is 0 Å². The van der Waals surface area contributed by atoms with Gasteiger partial charge in [0.1, 0.15) is 0 Å². The van der Waals surface area contributed by atoms with Crippen LogP contribution in [0.2, 0.25) is 5.02 Å². The Morgan fingerprint density at radius 1 is 0.867 bits per heavy atom. The van der Waals surface area contributed by atoms with E-state index in [2.05, 4.69) is 0 Å². The summed E-state index contributed by atoms with van der Waals surface area (Å²) in [5, 5.41) is 0.510. The molecule has 2 amide bonds. The topological polar surface area (TPSA) is 54.5 Å². The number of hydrogen-bond donors (Lipinski definition) is 0. The second kappa shape index (κ2) is 6.92. The Balaban J connectivity index is 1.62. The van der Waals surface area contributed by atoms with Gasteiger partial charge in [0.25, 0.3) is 0 Å². The summed E-state index contributed by atoms with van der Waals surface area (Å²) in [4.78, 5) is 40.6. The van der Waals surface area contributed by atoms with Gasteiger partial charge in [-0.05, 0) is 35.7 Å². The summed E-state index contributed by atoms with van der Waals surface area (Å²) < 4.78 is 0. The van der Waals surface area contributed by atoms with Gasteiger partial charge >= 0.3 is 0 Å². The van der Waals surface area contributed by atoms with E-state index < -0.39 is 5.92 Å². The number of imide groups is 1. The minimum atomic E-state index is -0.576. The average Bonchev–Trinajstić information content (AvgIpc) is 3.04. The molecule has 1 heterocycles. The number of nitrogens with zero attached hydrogens (tertiary/aromatic N) is 1. The molecule has 1 saturated heterocycles. The number of ketones is 1. The predicted molar refractivity (Wildman–Crippen MR) is 115 cm³/mol. The first kappa shape index (κ1) is 18.8. The standard InChI is InChI=1S/C25H18ClNO3/c1-14-10-11-15(12-21(14)26)27-22(28)13-20(25(27)30)23-16-6-2-4-8-18(16)24(29)19-9-5-3-7-17(19)23/h2-12,20,23H,13H2,1H3/t20-/m0/s1. The van der Waals surface area contributed by atoms with Gasteiger partial charge in [0.15, 0.2) is 5.78 Å². The highest BCUT2D eigenvalue weighted by Crippen LogP contribution is 2.45. The third-order valence-electron chi connectivity index (χ3n) is 6.08. The van der Waals surface area contributed by atoms with Crippen molar-refractivity contribution in [3.8, 4) is 0 Å². The summed E-state index contributed by atoms with van der Waals surface area (Å²) in [7, 11) is 0. The molecule has 0 saturated carbocycles. The Morgan fingerprint density at radius 3 is 2.07 bits per heavy atom. The molecule has 2 aliphatic rings. The molecule has 0 aromatic heterocycles. The lowest BCUT2D eigenvalue weighted by Crippen LogP contribution is -2.33. The van der Waals surface area contributed by atoms with Crippen LogP contribution in [0.25, 0.3) is 0 Å². The fourth-order valence-corrected chi connectivity index (χ4v) is 4.78. The van der Waals surface area contributed by atoms with Crippen molar-refractivity contribution in [2.45, 2.75) is 19.3 Å². The monoisotopic (exact) mass is 415 g/mol. The molecule has 0 N–H and O–H groups in total. The number of rotatable bonds is 2. The molecule has 3 aromatic rings. The zero-order valence-corrected chi connectivity index (χ0v) is 17.0. The highest BCUT2D eigenvalue weighted by molar-refractivity contribution is 6.32. The largest absolute Gasteiger partial charge is 0.289 e. The lowest BCUT2D eigenvalue weighted by Gasteiger charge is -2.30. The summed E-state index contributed by atoms with van der Waals surface area (Å²) in [6, 6.07) is 19.9. The Labute approximate surface area is 179 Å². The van der Waals surface area contributed by atoms with Crippen LogP contribution in [0.5, 0.6) is 0 Å². The Hall–Kier alpha value is -3.24. The zero-order valence-electron chi connectivity index (χ0n) is 16.3. The second-order valence-electron chi connectivity index (χ2n) is 7.79. The van der Waals surface area contributed by atoms with Crippen molar-refractivity contribution >= 4 is 34.9 Å². The van der Waals surface area contributed by atoms with Crippen LogP contribution in [0.3, 0.4) is 0 Å². The molecule has 5 rings (SSSR count). The maximum atomic E-state index is 13.5. The molecule has 0 bridgehead atoms. The van der Waals surface area contributed by atoms with Crippen molar-refractivity contribution in [2.75, 3.05) is 4.90 Å². The number of halogens is 1. The van der Waals surface area contributed by atoms with Crippen LogP contribution in [0.4, 0.5) is 5.69 Å². The zero-order chi connectivity index (χ0) is 21.0. The molecule has 1 atom stereocenters. The SMILES string of the molecule is Cc1ccc(N2C(=O)C[C@@H](C3c4ccccc4C(=O)c4ccccc43)C2=O)cc1Cl. The van der Waals surface area contributed by atoms with E-state index in [1.807, 2.05) is 43.3 Å². The fourth-order valence-electron chi connectivity index (χ4n) is 4.60. The normalized spacial score (nSPS) is 18.5. The van der Waals surface area contributed by atoms with Crippen molar-refractivity contribution in [1.82, 2.24) is 0 Å². The van der Waals surface area contributed by atoms with Gasteiger partial charge in [-0.3, -0.25) is 19.3 Å². The molecule has 30 heavy (non-hydrogen) atoms. The van der Waals surface area contributed by atoms with Crippen molar-refractivity contribution in [1.29, 1.82) is 0 Å². The molecule has 148 valence electrons. The molecule has 5 heteroatoms. The number of amides is 2. The van der Waals surface area contributed by atoms with Crippen LogP contribution in [-0.4, -0.2) is 17.6 Å². The first-order valence-electron chi connectivity index (χ1n) is 9.83. The molecule has 1 aliphatic heterocycles. The van der Waals surface area contributed by atoms with Gasteiger partial charge in [-0.2, -0.15) is 0 Å². The van der Waals surface area contributed by atoms with Crippen molar-refractivity contribution < 1.29 is 14.4 Å². The highest BCUT2D eigenvalue weighted by atomic mass is 35.5. The molecule has 1 fully saturated rings. The van der Waals surface area contributed by atoms with Crippen LogP contribution in [-0.2, 0) is 9.59 Å². The van der Waals surface area contributed by atoms with Crippen LogP contribution < -0.4 is 4.90 Å². The minimum Gasteiger partial charge on any atom is -0.289 e. The van der Waals surface area contributed by atoms with Crippen LogP contribution in [0.15, 0.2) is 66.7 Å². The molecule has 0 spiro atoms. The van der Waals surface area contributed by atoms with Crippen molar-refractivity contribution in [3.05, 3.63) is 99.6 Å². The molecule has 0 unspecified atom stereocenters. The quantitative estimate of drug-likeness (QED) is 0.559. The van der Waals surface area contributed by atoms with E-state index in [0.717, 1.165) is 16.7 Å². The van der Waals surface area contributed by atoms with E-state index in [0.29, 0.717) is 21.8 Å². The Kier molecular flexibility index (Phi) is 4.33. The van der Waals surface area contributed by atoms with Gasteiger partial charge in [-0.15, -0.1) is 0 Å². The number of benzene rings is 3. The number of hydrogen-bond acceptors (Lipinski definition) is 3. The molecule has 0 radical (unpaired) electrons. The molecule has 4 nitrogen and oxygen atoms in total. The first-order chi connectivity index (χ1) is 14.5. The molecular weight excluding hydrogens is 398 g/mol. The molecule has 1 aliphatic carbocycles. The Morgan fingerprint density at radius 2 is 1.47 bits per heavy atom. The molecule has 3 aromatic carbocycles. The second-order valence-corrected chi connectivity index (χ2v) is 8.20. The van der Waals surface area contributed by atoms with E-state index in [1.165, 1.54) is 4.90 Å². The van der Waals surface area contributed by atoms with E-state index >= 15 is 0 Å². The molecular formula is C25H18ClNO3. The van der Waals surface area contributed by atoms with E-state index in [1.54, 1.807) is 30.3 Å². The van der Waals surface area contributed by atoms with Crippen LogP contribution in [0, 0.1) is 12.8 Å². The summed E-state index contributed by atoms with van der Waals surface area (Å²) in [5.41, 5.74) is 4.16. The van der Waals surface area contributed by atoms with Gasteiger partial charge in [0.2, 0.25) is 11.8 Å². The smallest absolute Gasteiger partial charge is 0.238 e. The van der Waals surface area contributed by atoms with Gasteiger partial charge in [0.05, 0.1) is 11.6 Å². The van der Waals surface area contributed by atoms with Crippen molar-refractivity contribution in [3.63, 3.8) is 0 Å². The predicted octanol–water partition coefficient (Wildman–Crippen LogP) is 4.90. The number of anilines is 1. The third kappa shape index (κ3) is 2.71. The van der Waals surface area contributed by atoms with E-state index in [9.17, 15) is 14.4 Å². The summed E-state index contributed by atoms with van der Waals surface area (Å²) >= 11 is 6.24. The first-order valence-corrected chi connectivity index (χ1v) is 10.2. The van der Waals surface area contributed by atoms with Crippen LogP contribution >= 0.6 is 11.6 Å². The minimum absolute atomic E-state index is 0.0450. The summed E-state index contributed by atoms with van der Waals surface area (Å²) in [6.45, 7) is 1.87. The van der Waals surface area contributed by atoms with Gasteiger partial charge in [-0.1, -0.05) is 66.2 Å². The highest BCUT2D eigenvalue weighted by Gasteiger charge is 2.47. The fraction of sp³-hybridized carbons (Fsp3) is 0.160. The number of fused-ring (bicyclic) bond motifs is 2. The summed E-state index contributed by atoms with van der Waals surface area (Å²) in [5.74, 6) is -1.48. The van der Waals surface area contributed by atoms with Gasteiger partial charge in [0, 0.05) is 28.5 Å². The maximum Gasteiger partial charge on any atom is 0.238 e. The van der Waals surface area contributed by atoms with Crippen molar-refractivity contribution in [2.24, 2.45) is 5.92 Å². The number of carbonyl (C=O) groups excluding carboxylic acids is 3. The lowest BCUT2D eigenvalue weighted by molar-refractivity contribution is -0.122. The average molecular weight is 416 g/mol. The van der Waals surface area contributed by atoms with E-state index in [-0.39, 0.29) is 29.9 Å². The Bertz CT molecular complexity index is 1180. The van der Waals surface area contributed by atoms with Gasteiger partial charge < -0.3 is 0 Å². The third-order valence-corrected chi connectivity index (χ3v) is 6.49. The summed E-state index contributed by atoms with van der Waals surface area (Å²) in [6.07, 6.45) is 0.0891. The van der Waals surface area contributed by atoms with Crippen LogP contribution in [0.1, 0.15) is 45.0 Å². The lowest BCUT2D eigenvalue weighted by atomic mass is 9.71.